The molecule has 19 heavy (non-hydrogen) atoms. The zero-order chi connectivity index (χ0) is 13.9. The van der Waals surface area contributed by atoms with Gasteiger partial charge in [0.05, 0.1) is 12.8 Å². The average molecular weight is 301 g/mol. The van der Waals surface area contributed by atoms with Gasteiger partial charge in [-0.1, -0.05) is 0 Å². The van der Waals surface area contributed by atoms with Gasteiger partial charge in [0.2, 0.25) is 0 Å². The third-order valence-electron chi connectivity index (χ3n) is 2.60. The van der Waals surface area contributed by atoms with Gasteiger partial charge in [-0.15, -0.1) is 0 Å². The minimum absolute atomic E-state index is 0.0767. The zero-order valence-corrected chi connectivity index (χ0v) is 12.0. The van der Waals surface area contributed by atoms with Crippen LogP contribution in [-0.4, -0.2) is 29.8 Å². The molecule has 1 atom stereocenters. The number of hydrogen-bond acceptors (Lipinski definition) is 5. The van der Waals surface area contributed by atoms with Crippen LogP contribution in [-0.2, 0) is 23.1 Å². The van der Waals surface area contributed by atoms with E-state index in [-0.39, 0.29) is 23.2 Å². The summed E-state index contributed by atoms with van der Waals surface area (Å²) in [6.07, 6.45) is 1.92. The van der Waals surface area contributed by atoms with Crippen molar-refractivity contribution in [3.63, 3.8) is 0 Å². The van der Waals surface area contributed by atoms with E-state index in [9.17, 15) is 8.42 Å². The van der Waals surface area contributed by atoms with Crippen LogP contribution in [0.3, 0.4) is 0 Å². The maximum Gasteiger partial charge on any atom is 0.258 e. The highest BCUT2D eigenvalue weighted by molar-refractivity contribution is 7.89. The smallest absolute Gasteiger partial charge is 0.258 e. The van der Waals surface area contributed by atoms with E-state index in [1.165, 1.54) is 6.20 Å². The molecule has 0 saturated carbocycles. The zero-order valence-electron chi connectivity index (χ0n) is 10.3. The number of H-pyrrole nitrogens is 1. The molecule has 0 aromatic carbocycles. The maximum absolute atomic E-state index is 12.1. The number of aromatic nitrogens is 2. The van der Waals surface area contributed by atoms with Crippen molar-refractivity contribution >= 4 is 21.4 Å². The fraction of sp³-hybridized carbons (Fsp3) is 0.364. The molecule has 2 rings (SSSR count). The van der Waals surface area contributed by atoms with Crippen molar-refractivity contribution in [1.82, 2.24) is 14.9 Å². The molecule has 2 aromatic heterocycles. The van der Waals surface area contributed by atoms with Gasteiger partial charge in [-0.3, -0.25) is 5.10 Å². The number of nitrogens with one attached hydrogen (secondary N) is 2. The molecule has 0 amide bonds. The summed E-state index contributed by atoms with van der Waals surface area (Å²) in [6.45, 7) is 1.43. The van der Waals surface area contributed by atoms with Crippen molar-refractivity contribution in [1.29, 1.82) is 0 Å². The molecular formula is C11H15N3O3S2. The predicted molar refractivity (Wildman–Crippen MR) is 72.3 cm³/mol. The maximum atomic E-state index is 12.1. The van der Waals surface area contributed by atoms with Crippen LogP contribution in [0.4, 0.5) is 0 Å². The Bertz CT molecular complexity index is 619. The highest BCUT2D eigenvalue weighted by atomic mass is 32.2. The van der Waals surface area contributed by atoms with E-state index >= 15 is 0 Å². The van der Waals surface area contributed by atoms with Crippen molar-refractivity contribution in [2.24, 2.45) is 0 Å². The summed E-state index contributed by atoms with van der Waals surface area (Å²) in [6, 6.07) is 1.72. The van der Waals surface area contributed by atoms with E-state index in [0.29, 0.717) is 6.42 Å². The summed E-state index contributed by atoms with van der Waals surface area (Å²) < 4.78 is 26.8. The first-order chi connectivity index (χ1) is 9.03. The summed E-state index contributed by atoms with van der Waals surface area (Å²) in [5.41, 5.74) is 1.35. The summed E-state index contributed by atoms with van der Waals surface area (Å²) in [5, 5.41) is 19.0. The summed E-state index contributed by atoms with van der Waals surface area (Å²) in [7, 11) is -3.69. The number of hydrogen-bond donors (Lipinski definition) is 3. The van der Waals surface area contributed by atoms with E-state index in [2.05, 4.69) is 14.9 Å². The Morgan fingerprint density at radius 2 is 2.37 bits per heavy atom. The number of thiophene rings is 1. The topological polar surface area (TPSA) is 95.1 Å². The van der Waals surface area contributed by atoms with Crippen LogP contribution in [0.15, 0.2) is 28.0 Å². The van der Waals surface area contributed by atoms with Crippen LogP contribution in [0.5, 0.6) is 0 Å². The first-order valence-corrected chi connectivity index (χ1v) is 8.12. The lowest BCUT2D eigenvalue weighted by atomic mass is 10.1. The molecule has 3 N–H and O–H groups in total. The molecule has 0 bridgehead atoms. The largest absolute Gasteiger partial charge is 0.392 e. The molecule has 0 aliphatic heterocycles. The molecule has 0 fully saturated rings. The van der Waals surface area contributed by atoms with Crippen molar-refractivity contribution in [2.75, 3.05) is 0 Å². The molecule has 8 heteroatoms. The SMILES string of the molecule is CC(Cc1ccsc1)NS(=O)(=O)c1[nH]ncc1CO. The molecule has 1 unspecified atom stereocenters. The number of rotatable bonds is 6. The third-order valence-corrected chi connectivity index (χ3v) is 4.93. The Kier molecular flexibility index (Phi) is 4.35. The average Bonchev–Trinajstić information content (AvgIpc) is 2.97. The normalized spacial score (nSPS) is 13.6. The van der Waals surface area contributed by atoms with Gasteiger partial charge in [-0.2, -0.15) is 16.4 Å². The lowest BCUT2D eigenvalue weighted by molar-refractivity contribution is 0.278. The van der Waals surface area contributed by atoms with Gasteiger partial charge in [0, 0.05) is 11.6 Å². The minimum atomic E-state index is -3.69. The number of aromatic amines is 1. The molecule has 0 aliphatic rings. The van der Waals surface area contributed by atoms with Gasteiger partial charge < -0.3 is 5.11 Å². The fourth-order valence-electron chi connectivity index (χ4n) is 1.77. The van der Waals surface area contributed by atoms with Crippen LogP contribution in [0.2, 0.25) is 0 Å². The van der Waals surface area contributed by atoms with Gasteiger partial charge in [0.15, 0.2) is 5.03 Å². The van der Waals surface area contributed by atoms with Gasteiger partial charge >= 0.3 is 0 Å². The second-order valence-electron chi connectivity index (χ2n) is 4.24. The minimum Gasteiger partial charge on any atom is -0.392 e. The van der Waals surface area contributed by atoms with Gasteiger partial charge in [-0.05, 0) is 35.7 Å². The molecule has 2 heterocycles. The standard InChI is InChI=1S/C11H15N3O3S2/c1-8(4-9-2-3-18-7-9)14-19(16,17)11-10(6-15)5-12-13-11/h2-3,5,7-8,14-15H,4,6H2,1H3,(H,12,13). The summed E-state index contributed by atoms with van der Waals surface area (Å²) in [4.78, 5) is 0. The quantitative estimate of drug-likeness (QED) is 0.738. The van der Waals surface area contributed by atoms with Gasteiger partial charge in [0.1, 0.15) is 0 Å². The summed E-state index contributed by atoms with van der Waals surface area (Å²) >= 11 is 1.58. The summed E-state index contributed by atoms with van der Waals surface area (Å²) in [5.74, 6) is 0. The predicted octanol–water partition coefficient (Wildman–Crippen LogP) is 0.873. The number of aliphatic hydroxyl groups excluding tert-OH is 1. The first-order valence-electron chi connectivity index (χ1n) is 5.69. The van der Waals surface area contributed by atoms with Crippen molar-refractivity contribution in [3.05, 3.63) is 34.2 Å². The second-order valence-corrected chi connectivity index (χ2v) is 6.67. The third kappa shape index (κ3) is 3.41. The second kappa shape index (κ2) is 5.83. The van der Waals surface area contributed by atoms with Crippen molar-refractivity contribution in [3.8, 4) is 0 Å². The molecule has 104 valence electrons. The van der Waals surface area contributed by atoms with Crippen molar-refractivity contribution in [2.45, 2.75) is 31.0 Å². The molecular weight excluding hydrogens is 286 g/mol. The Balaban J connectivity index is 2.09. The van der Waals surface area contributed by atoms with Crippen LogP contribution >= 0.6 is 11.3 Å². The monoisotopic (exact) mass is 301 g/mol. The van der Waals surface area contributed by atoms with E-state index in [1.807, 2.05) is 16.8 Å². The molecule has 6 nitrogen and oxygen atoms in total. The molecule has 0 aliphatic carbocycles. The van der Waals surface area contributed by atoms with Crippen LogP contribution in [0, 0.1) is 0 Å². The van der Waals surface area contributed by atoms with Crippen LogP contribution in [0.1, 0.15) is 18.1 Å². The highest BCUT2D eigenvalue weighted by Crippen LogP contribution is 2.14. The van der Waals surface area contributed by atoms with Crippen LogP contribution in [0.25, 0.3) is 0 Å². The van der Waals surface area contributed by atoms with Gasteiger partial charge in [-0.25, -0.2) is 13.1 Å². The molecule has 0 spiro atoms. The number of sulfonamides is 1. The molecule has 0 radical (unpaired) electrons. The van der Waals surface area contributed by atoms with Gasteiger partial charge in [0.25, 0.3) is 10.0 Å². The van der Waals surface area contributed by atoms with E-state index in [1.54, 1.807) is 18.3 Å². The van der Waals surface area contributed by atoms with E-state index in [4.69, 9.17) is 5.11 Å². The lowest BCUT2D eigenvalue weighted by Crippen LogP contribution is -2.34. The Labute approximate surface area is 115 Å². The van der Waals surface area contributed by atoms with Crippen molar-refractivity contribution < 1.29 is 13.5 Å². The number of aliphatic hydroxyl groups is 1. The molecule has 2 aromatic rings. The van der Waals surface area contributed by atoms with E-state index < -0.39 is 10.0 Å². The Hall–Kier alpha value is -1.22. The fourth-order valence-corrected chi connectivity index (χ4v) is 3.82. The Morgan fingerprint density at radius 3 is 3.00 bits per heavy atom. The lowest BCUT2D eigenvalue weighted by Gasteiger charge is -2.13. The van der Waals surface area contributed by atoms with E-state index in [0.717, 1.165) is 5.56 Å². The van der Waals surface area contributed by atoms with Crippen LogP contribution < -0.4 is 4.72 Å². The Morgan fingerprint density at radius 1 is 1.58 bits per heavy atom. The number of nitrogens with zero attached hydrogens (tertiary/aromatic N) is 1. The highest BCUT2D eigenvalue weighted by Gasteiger charge is 2.22. The molecule has 0 saturated heterocycles. The first kappa shape index (κ1) is 14.2.